The number of carboxylic acid groups (broad SMARTS) is 1. The maximum absolute atomic E-state index is 13.5. The molecule has 0 saturated carbocycles. The van der Waals surface area contributed by atoms with E-state index in [1.807, 2.05) is 48.5 Å². The first-order valence-electron chi connectivity index (χ1n) is 13.5. The molecule has 2 N–H and O–H groups in total. The lowest BCUT2D eigenvalue weighted by molar-refractivity contribution is -0.139. The van der Waals surface area contributed by atoms with E-state index in [1.54, 1.807) is 20.8 Å². The van der Waals surface area contributed by atoms with Crippen LogP contribution < -0.4 is 5.32 Å². The number of rotatable bonds is 6. The van der Waals surface area contributed by atoms with Gasteiger partial charge in [0.15, 0.2) is 0 Å². The lowest BCUT2D eigenvalue weighted by atomic mass is 9.98. The van der Waals surface area contributed by atoms with E-state index in [2.05, 4.69) is 5.32 Å². The molecule has 1 amide bonds. The Bertz CT molecular complexity index is 1670. The Kier molecular flexibility index (Phi) is 7.68. The Hall–Kier alpha value is -4.80. The van der Waals surface area contributed by atoms with Gasteiger partial charge < -0.3 is 19.9 Å². The Labute approximate surface area is 245 Å². The molecular weight excluding hydrogens is 565 g/mol. The van der Waals surface area contributed by atoms with Crippen molar-refractivity contribution in [3.8, 4) is 11.1 Å². The van der Waals surface area contributed by atoms with Crippen LogP contribution in [0.5, 0.6) is 0 Å². The van der Waals surface area contributed by atoms with Crippen molar-refractivity contribution in [1.82, 2.24) is 9.88 Å². The third-order valence-electron chi connectivity index (χ3n) is 7.16. The number of carboxylic acids is 1. The monoisotopic (exact) mass is 594 g/mol. The first kappa shape index (κ1) is 29.7. The third-order valence-corrected chi connectivity index (χ3v) is 7.16. The Morgan fingerprint density at radius 2 is 1.56 bits per heavy atom. The summed E-state index contributed by atoms with van der Waals surface area (Å²) in [6.45, 7) is 4.79. The predicted molar refractivity (Wildman–Crippen MR) is 152 cm³/mol. The minimum atomic E-state index is -4.67. The van der Waals surface area contributed by atoms with E-state index in [-0.39, 0.29) is 35.4 Å². The van der Waals surface area contributed by atoms with Crippen molar-refractivity contribution < 1.29 is 42.1 Å². The number of aromatic nitrogens is 1. The molecule has 0 unspecified atom stereocenters. The van der Waals surface area contributed by atoms with Gasteiger partial charge in [-0.1, -0.05) is 54.6 Å². The standard InChI is InChI=1S/C32H29F3N2O6/c1-31(2,3)43-30(41)37-16-18(20-13-12-19(15-27(20)37)32(33,34)35)14-26(28(38)39)36-29(40)42-17-25-23-10-6-4-8-21(23)22-9-5-7-11-24(22)25/h4-13,15-16,25-26H,14,17H2,1-3H3,(H,36,40)(H,38,39)/t26-/m0/s1. The number of carbonyl (C=O) groups is 3. The van der Waals surface area contributed by atoms with Gasteiger partial charge in [-0.25, -0.2) is 14.4 Å². The molecule has 0 radical (unpaired) electrons. The maximum Gasteiger partial charge on any atom is 0.419 e. The zero-order valence-corrected chi connectivity index (χ0v) is 23.6. The quantitative estimate of drug-likeness (QED) is 0.250. The van der Waals surface area contributed by atoms with Gasteiger partial charge in [-0.3, -0.25) is 4.57 Å². The van der Waals surface area contributed by atoms with Gasteiger partial charge in [-0.2, -0.15) is 13.2 Å². The van der Waals surface area contributed by atoms with Gasteiger partial charge in [-0.15, -0.1) is 0 Å². The highest BCUT2D eigenvalue weighted by molar-refractivity contribution is 5.93. The molecule has 4 aromatic rings. The summed E-state index contributed by atoms with van der Waals surface area (Å²) in [5, 5.41) is 12.5. The molecule has 0 spiro atoms. The van der Waals surface area contributed by atoms with Crippen molar-refractivity contribution in [2.75, 3.05) is 6.61 Å². The molecule has 0 aliphatic heterocycles. The van der Waals surface area contributed by atoms with Crippen LogP contribution in [-0.4, -0.2) is 46.1 Å². The minimum absolute atomic E-state index is 0.0373. The van der Waals surface area contributed by atoms with Crippen molar-refractivity contribution in [3.63, 3.8) is 0 Å². The maximum atomic E-state index is 13.5. The van der Waals surface area contributed by atoms with E-state index in [9.17, 15) is 32.7 Å². The number of ether oxygens (including phenoxy) is 2. The first-order valence-corrected chi connectivity index (χ1v) is 13.5. The number of alkyl carbamates (subject to hydrolysis) is 1. The van der Waals surface area contributed by atoms with E-state index in [0.717, 1.165) is 39.0 Å². The number of hydrogen-bond acceptors (Lipinski definition) is 5. The fraction of sp³-hybridized carbons (Fsp3) is 0.281. The number of halogens is 3. The van der Waals surface area contributed by atoms with Crippen molar-refractivity contribution in [1.29, 1.82) is 0 Å². The SMILES string of the molecule is CC(C)(C)OC(=O)n1cc(C[C@H](NC(=O)OCC2c3ccccc3-c3ccccc32)C(=O)O)c2ccc(C(F)(F)F)cc21. The molecule has 1 aromatic heterocycles. The first-order chi connectivity index (χ1) is 20.2. The number of fused-ring (bicyclic) bond motifs is 4. The minimum Gasteiger partial charge on any atom is -0.480 e. The highest BCUT2D eigenvalue weighted by Crippen LogP contribution is 2.44. The summed E-state index contributed by atoms with van der Waals surface area (Å²) in [4.78, 5) is 37.9. The van der Waals surface area contributed by atoms with E-state index < -0.39 is 41.5 Å². The summed E-state index contributed by atoms with van der Waals surface area (Å²) >= 11 is 0. The van der Waals surface area contributed by atoms with Crippen molar-refractivity contribution in [2.45, 2.75) is 50.9 Å². The van der Waals surface area contributed by atoms with Crippen LogP contribution in [0.4, 0.5) is 22.8 Å². The van der Waals surface area contributed by atoms with Gasteiger partial charge in [0.2, 0.25) is 0 Å². The molecule has 1 heterocycles. The van der Waals surface area contributed by atoms with Crippen LogP contribution in [0.3, 0.4) is 0 Å². The molecule has 0 saturated heterocycles. The van der Waals surface area contributed by atoms with Gasteiger partial charge in [0.25, 0.3) is 0 Å². The van der Waals surface area contributed by atoms with Gasteiger partial charge >= 0.3 is 24.3 Å². The molecule has 0 bridgehead atoms. The van der Waals surface area contributed by atoms with Crippen LogP contribution in [0, 0.1) is 0 Å². The third kappa shape index (κ3) is 6.20. The number of nitrogens with zero attached hydrogens (tertiary/aromatic N) is 1. The van der Waals surface area contributed by atoms with Gasteiger partial charge in [0.05, 0.1) is 11.1 Å². The summed E-state index contributed by atoms with van der Waals surface area (Å²) < 4.78 is 52.2. The molecule has 0 fully saturated rings. The number of nitrogens with one attached hydrogen (secondary N) is 1. The molecular formula is C32H29F3N2O6. The zero-order chi connectivity index (χ0) is 31.1. The largest absolute Gasteiger partial charge is 0.480 e. The second-order valence-electron chi connectivity index (χ2n) is 11.3. The van der Waals surface area contributed by atoms with Crippen molar-refractivity contribution in [2.24, 2.45) is 0 Å². The Morgan fingerprint density at radius 1 is 0.953 bits per heavy atom. The average molecular weight is 595 g/mol. The van der Waals surface area contributed by atoms with Crippen LogP contribution in [0.15, 0.2) is 72.9 Å². The highest BCUT2D eigenvalue weighted by Gasteiger charge is 2.33. The van der Waals surface area contributed by atoms with Gasteiger partial charge in [-0.05, 0) is 60.7 Å². The van der Waals surface area contributed by atoms with E-state index in [1.165, 1.54) is 12.3 Å². The lowest BCUT2D eigenvalue weighted by Crippen LogP contribution is -2.42. The number of hydrogen-bond donors (Lipinski definition) is 2. The average Bonchev–Trinajstić information content (AvgIpc) is 3.45. The zero-order valence-electron chi connectivity index (χ0n) is 23.6. The van der Waals surface area contributed by atoms with Gasteiger partial charge in [0.1, 0.15) is 18.2 Å². The number of benzene rings is 3. The molecule has 1 atom stereocenters. The van der Waals surface area contributed by atoms with E-state index >= 15 is 0 Å². The molecule has 8 nitrogen and oxygen atoms in total. The molecule has 1 aliphatic rings. The van der Waals surface area contributed by atoms with Crippen LogP contribution in [0.2, 0.25) is 0 Å². The fourth-order valence-electron chi connectivity index (χ4n) is 5.30. The van der Waals surface area contributed by atoms with Crippen LogP contribution in [0.25, 0.3) is 22.0 Å². The number of alkyl halides is 3. The summed E-state index contributed by atoms with van der Waals surface area (Å²) in [6, 6.07) is 16.8. The van der Waals surface area contributed by atoms with E-state index in [0.29, 0.717) is 0 Å². The molecule has 224 valence electrons. The van der Waals surface area contributed by atoms with Gasteiger partial charge in [0, 0.05) is 23.9 Å². The predicted octanol–water partition coefficient (Wildman–Crippen LogP) is 6.98. The fourth-order valence-corrected chi connectivity index (χ4v) is 5.30. The smallest absolute Gasteiger partial charge is 0.419 e. The van der Waals surface area contributed by atoms with Crippen LogP contribution in [-0.2, 0) is 26.9 Å². The molecule has 43 heavy (non-hydrogen) atoms. The van der Waals surface area contributed by atoms with Crippen LogP contribution >= 0.6 is 0 Å². The summed E-state index contributed by atoms with van der Waals surface area (Å²) in [7, 11) is 0. The summed E-state index contributed by atoms with van der Waals surface area (Å²) in [5.74, 6) is -1.63. The molecule has 5 rings (SSSR count). The van der Waals surface area contributed by atoms with Crippen LogP contribution in [0.1, 0.15) is 48.9 Å². The molecule has 3 aromatic carbocycles. The van der Waals surface area contributed by atoms with E-state index in [4.69, 9.17) is 9.47 Å². The molecule has 1 aliphatic carbocycles. The highest BCUT2D eigenvalue weighted by atomic mass is 19.4. The topological polar surface area (TPSA) is 107 Å². The number of amides is 1. The second-order valence-corrected chi connectivity index (χ2v) is 11.3. The summed E-state index contributed by atoms with van der Waals surface area (Å²) in [5.41, 5.74) is 2.23. The Balaban J connectivity index is 1.37. The summed E-state index contributed by atoms with van der Waals surface area (Å²) in [6.07, 6.45) is -5.68. The lowest BCUT2D eigenvalue weighted by Gasteiger charge is -2.20. The van der Waals surface area contributed by atoms with Crippen molar-refractivity contribution in [3.05, 3.63) is 95.2 Å². The normalized spacial score (nSPS) is 13.7. The number of carbonyl (C=O) groups excluding carboxylic acids is 2. The Morgan fingerprint density at radius 3 is 2.12 bits per heavy atom. The second kappa shape index (κ2) is 11.1. The molecule has 11 heteroatoms. The van der Waals surface area contributed by atoms with Crippen molar-refractivity contribution >= 4 is 29.1 Å². The number of aliphatic carboxylic acids is 1.